The SMILES string of the molecule is O=C=NCCCCOc1ccc(CBr)cc1. The van der Waals surface area contributed by atoms with Gasteiger partial charge in [-0.15, -0.1) is 0 Å². The fourth-order valence-corrected chi connectivity index (χ4v) is 1.58. The largest absolute Gasteiger partial charge is 0.494 e. The number of nitrogens with zero attached hydrogens (tertiary/aromatic N) is 1. The lowest BCUT2D eigenvalue weighted by Gasteiger charge is -2.05. The van der Waals surface area contributed by atoms with E-state index in [9.17, 15) is 4.79 Å². The fourth-order valence-electron chi connectivity index (χ4n) is 1.20. The van der Waals surface area contributed by atoms with Gasteiger partial charge in [0.1, 0.15) is 5.75 Å². The number of hydrogen-bond acceptors (Lipinski definition) is 3. The predicted octanol–water partition coefficient (Wildman–Crippen LogP) is 3.08. The summed E-state index contributed by atoms with van der Waals surface area (Å²) in [6, 6.07) is 7.97. The van der Waals surface area contributed by atoms with Crippen molar-refractivity contribution in [3.63, 3.8) is 0 Å². The first-order valence-electron chi connectivity index (χ1n) is 5.18. The zero-order valence-electron chi connectivity index (χ0n) is 8.99. The molecule has 0 aliphatic carbocycles. The van der Waals surface area contributed by atoms with E-state index in [0.29, 0.717) is 13.2 Å². The molecule has 1 aromatic rings. The lowest BCUT2D eigenvalue weighted by atomic mass is 10.2. The van der Waals surface area contributed by atoms with Crippen LogP contribution >= 0.6 is 15.9 Å². The minimum atomic E-state index is 0.537. The van der Waals surface area contributed by atoms with Crippen LogP contribution in [0.4, 0.5) is 0 Å². The van der Waals surface area contributed by atoms with Gasteiger partial charge >= 0.3 is 0 Å². The van der Waals surface area contributed by atoms with Crippen LogP contribution in [-0.2, 0) is 10.1 Å². The first kappa shape index (κ1) is 12.9. The zero-order valence-corrected chi connectivity index (χ0v) is 10.6. The highest BCUT2D eigenvalue weighted by atomic mass is 79.9. The van der Waals surface area contributed by atoms with Crippen molar-refractivity contribution in [1.29, 1.82) is 0 Å². The van der Waals surface area contributed by atoms with Crippen molar-refractivity contribution < 1.29 is 9.53 Å². The van der Waals surface area contributed by atoms with Gasteiger partial charge < -0.3 is 4.74 Å². The van der Waals surface area contributed by atoms with Gasteiger partial charge in [0.25, 0.3) is 0 Å². The number of hydrogen-bond donors (Lipinski definition) is 0. The van der Waals surface area contributed by atoms with Crippen LogP contribution in [0.1, 0.15) is 18.4 Å². The first-order valence-corrected chi connectivity index (χ1v) is 6.30. The fraction of sp³-hybridized carbons (Fsp3) is 0.417. The zero-order chi connectivity index (χ0) is 11.6. The molecule has 1 aromatic carbocycles. The lowest BCUT2D eigenvalue weighted by molar-refractivity contribution is 0.308. The molecule has 0 bridgehead atoms. The Balaban J connectivity index is 2.19. The first-order chi connectivity index (χ1) is 7.86. The van der Waals surface area contributed by atoms with Crippen molar-refractivity contribution in [2.24, 2.45) is 4.99 Å². The van der Waals surface area contributed by atoms with E-state index in [1.165, 1.54) is 11.6 Å². The van der Waals surface area contributed by atoms with E-state index in [2.05, 4.69) is 20.9 Å². The molecule has 3 nitrogen and oxygen atoms in total. The van der Waals surface area contributed by atoms with Crippen LogP contribution in [0, 0.1) is 0 Å². The summed E-state index contributed by atoms with van der Waals surface area (Å²) in [7, 11) is 0. The molecule has 0 atom stereocenters. The predicted molar refractivity (Wildman–Crippen MR) is 66.8 cm³/mol. The Morgan fingerprint density at radius 1 is 1.25 bits per heavy atom. The molecular formula is C12H14BrNO2. The topological polar surface area (TPSA) is 38.7 Å². The molecule has 86 valence electrons. The third-order valence-corrected chi connectivity index (χ3v) is 2.72. The van der Waals surface area contributed by atoms with E-state index < -0.39 is 0 Å². The summed E-state index contributed by atoms with van der Waals surface area (Å²) >= 11 is 3.39. The van der Waals surface area contributed by atoms with Gasteiger partial charge in [-0.1, -0.05) is 28.1 Å². The molecule has 0 aliphatic heterocycles. The molecule has 0 N–H and O–H groups in total. The second-order valence-electron chi connectivity index (χ2n) is 3.31. The standard InChI is InChI=1S/C12H14BrNO2/c13-9-11-3-5-12(6-4-11)16-8-2-1-7-14-10-15/h3-6H,1-2,7-9H2. The maximum absolute atomic E-state index is 9.79. The number of rotatable bonds is 7. The van der Waals surface area contributed by atoms with Crippen LogP contribution < -0.4 is 4.74 Å². The quantitative estimate of drug-likeness (QED) is 0.334. The van der Waals surface area contributed by atoms with Gasteiger partial charge in [-0.2, -0.15) is 0 Å². The lowest BCUT2D eigenvalue weighted by Crippen LogP contribution is -1.98. The molecule has 0 heterocycles. The highest BCUT2D eigenvalue weighted by Gasteiger charge is 1.94. The Morgan fingerprint density at radius 3 is 2.62 bits per heavy atom. The maximum atomic E-state index is 9.79. The van der Waals surface area contributed by atoms with Crippen LogP contribution in [0.15, 0.2) is 29.3 Å². The molecule has 0 aromatic heterocycles. The molecule has 0 amide bonds. The highest BCUT2D eigenvalue weighted by molar-refractivity contribution is 9.08. The number of halogens is 1. The molecule has 4 heteroatoms. The molecule has 0 spiro atoms. The summed E-state index contributed by atoms with van der Waals surface area (Å²) in [5.74, 6) is 0.878. The summed E-state index contributed by atoms with van der Waals surface area (Å²) in [5.41, 5.74) is 1.23. The normalized spacial score (nSPS) is 9.56. The molecule has 16 heavy (non-hydrogen) atoms. The molecule has 0 aliphatic rings. The number of aliphatic imine (C=N–C) groups is 1. The van der Waals surface area contributed by atoms with Gasteiger partial charge in [-0.3, -0.25) is 0 Å². The monoisotopic (exact) mass is 283 g/mol. The van der Waals surface area contributed by atoms with Crippen molar-refractivity contribution in [2.75, 3.05) is 13.2 Å². The van der Waals surface area contributed by atoms with E-state index in [0.717, 1.165) is 23.9 Å². The van der Waals surface area contributed by atoms with E-state index >= 15 is 0 Å². The van der Waals surface area contributed by atoms with Crippen LogP contribution in [-0.4, -0.2) is 19.2 Å². The van der Waals surface area contributed by atoms with E-state index in [-0.39, 0.29) is 0 Å². The summed E-state index contributed by atoms with van der Waals surface area (Å²) in [6.45, 7) is 1.19. The summed E-state index contributed by atoms with van der Waals surface area (Å²) in [6.07, 6.45) is 3.27. The van der Waals surface area contributed by atoms with Gasteiger partial charge in [0.05, 0.1) is 13.2 Å². The van der Waals surface area contributed by atoms with Crippen molar-refractivity contribution >= 4 is 22.0 Å². The number of isocyanates is 1. The van der Waals surface area contributed by atoms with Gasteiger partial charge in [-0.25, -0.2) is 9.79 Å². The van der Waals surface area contributed by atoms with E-state index in [1.807, 2.05) is 24.3 Å². The smallest absolute Gasteiger partial charge is 0.234 e. The van der Waals surface area contributed by atoms with Crippen LogP contribution in [0.2, 0.25) is 0 Å². The molecule has 0 saturated carbocycles. The van der Waals surface area contributed by atoms with Crippen LogP contribution in [0.25, 0.3) is 0 Å². The number of carbonyl (C=O) groups excluding carboxylic acids is 1. The highest BCUT2D eigenvalue weighted by Crippen LogP contribution is 2.14. The number of ether oxygens (including phenoxy) is 1. The molecule has 0 saturated heterocycles. The minimum absolute atomic E-state index is 0.537. The Bertz CT molecular complexity index is 345. The minimum Gasteiger partial charge on any atom is -0.494 e. The van der Waals surface area contributed by atoms with Gasteiger partial charge in [0.15, 0.2) is 0 Å². The summed E-state index contributed by atoms with van der Waals surface area (Å²) in [4.78, 5) is 13.3. The average molecular weight is 284 g/mol. The third kappa shape index (κ3) is 5.10. The summed E-state index contributed by atoms with van der Waals surface area (Å²) in [5, 5.41) is 0.858. The second kappa shape index (κ2) is 8.08. The van der Waals surface area contributed by atoms with E-state index in [4.69, 9.17) is 4.74 Å². The Hall–Kier alpha value is -1.12. The van der Waals surface area contributed by atoms with Crippen LogP contribution in [0.5, 0.6) is 5.75 Å². The van der Waals surface area contributed by atoms with Crippen molar-refractivity contribution in [1.82, 2.24) is 0 Å². The Morgan fingerprint density at radius 2 is 2.00 bits per heavy atom. The van der Waals surface area contributed by atoms with Crippen LogP contribution in [0.3, 0.4) is 0 Å². The van der Waals surface area contributed by atoms with Gasteiger partial charge in [-0.05, 0) is 30.5 Å². The van der Waals surface area contributed by atoms with E-state index in [1.54, 1.807) is 0 Å². The molecule has 0 radical (unpaired) electrons. The van der Waals surface area contributed by atoms with Crippen molar-refractivity contribution in [3.05, 3.63) is 29.8 Å². The van der Waals surface area contributed by atoms with Crippen molar-refractivity contribution in [2.45, 2.75) is 18.2 Å². The third-order valence-electron chi connectivity index (χ3n) is 2.08. The summed E-state index contributed by atoms with van der Waals surface area (Å²) < 4.78 is 5.53. The molecule has 0 unspecified atom stereocenters. The number of benzene rings is 1. The average Bonchev–Trinajstić information content (AvgIpc) is 2.34. The molecular weight excluding hydrogens is 270 g/mol. The number of alkyl halides is 1. The van der Waals surface area contributed by atoms with Gasteiger partial charge in [0.2, 0.25) is 6.08 Å². The molecule has 0 fully saturated rings. The van der Waals surface area contributed by atoms with Gasteiger partial charge in [0, 0.05) is 5.33 Å². The maximum Gasteiger partial charge on any atom is 0.234 e. The number of unbranched alkanes of at least 4 members (excludes halogenated alkanes) is 1. The molecule has 1 rings (SSSR count). The Labute approximate surface area is 104 Å². The Kier molecular flexibility index (Phi) is 6.54. The second-order valence-corrected chi connectivity index (χ2v) is 3.87. The van der Waals surface area contributed by atoms with Crippen molar-refractivity contribution in [3.8, 4) is 5.75 Å².